The van der Waals surface area contributed by atoms with Crippen molar-refractivity contribution in [2.24, 2.45) is 5.73 Å². The predicted molar refractivity (Wildman–Crippen MR) is 95.4 cm³/mol. The normalized spacial score (nSPS) is 12.3. The highest BCUT2D eigenvalue weighted by molar-refractivity contribution is 7.80. The summed E-state index contributed by atoms with van der Waals surface area (Å²) in [6.07, 6.45) is 2.15. The molecule has 1 aromatic carbocycles. The number of hydrogen-bond donors (Lipinski definition) is 1. The van der Waals surface area contributed by atoms with Gasteiger partial charge in [0.15, 0.2) is 0 Å². The van der Waals surface area contributed by atoms with Crippen LogP contribution in [0, 0.1) is 0 Å². The van der Waals surface area contributed by atoms with Gasteiger partial charge in [0.2, 0.25) is 0 Å². The van der Waals surface area contributed by atoms with E-state index < -0.39 is 0 Å². The minimum atomic E-state index is 0.0609. The van der Waals surface area contributed by atoms with Gasteiger partial charge in [-0.25, -0.2) is 0 Å². The molecule has 0 fully saturated rings. The Morgan fingerprint density at radius 2 is 1.67 bits per heavy atom. The summed E-state index contributed by atoms with van der Waals surface area (Å²) in [5.41, 5.74) is 8.37. The molecule has 0 saturated heterocycles. The van der Waals surface area contributed by atoms with Gasteiger partial charge in [0, 0.05) is 5.56 Å². The van der Waals surface area contributed by atoms with Gasteiger partial charge in [0.05, 0.1) is 0 Å². The Bertz CT molecular complexity index is 506. The van der Waals surface area contributed by atoms with Gasteiger partial charge in [-0.2, -0.15) is 0 Å². The van der Waals surface area contributed by atoms with Gasteiger partial charge in [0.1, 0.15) is 17.3 Å². The van der Waals surface area contributed by atoms with Gasteiger partial charge in [-0.1, -0.05) is 65.9 Å². The zero-order valence-corrected chi connectivity index (χ0v) is 15.1. The van der Waals surface area contributed by atoms with Crippen LogP contribution < -0.4 is 10.5 Å². The van der Waals surface area contributed by atoms with Crippen molar-refractivity contribution >= 4 is 17.2 Å². The summed E-state index contributed by atoms with van der Waals surface area (Å²) in [4.78, 5) is 0.383. The van der Waals surface area contributed by atoms with E-state index in [-0.39, 0.29) is 10.8 Å². The second kappa shape index (κ2) is 6.78. The summed E-state index contributed by atoms with van der Waals surface area (Å²) in [6.45, 7) is 13.8. The topological polar surface area (TPSA) is 35.2 Å². The molecule has 0 aromatic heterocycles. The smallest absolute Gasteiger partial charge is 0.138 e. The maximum absolute atomic E-state index is 5.82. The summed E-state index contributed by atoms with van der Waals surface area (Å²) < 4.78 is 5.82. The van der Waals surface area contributed by atoms with Crippen molar-refractivity contribution in [1.82, 2.24) is 0 Å². The molecule has 1 aromatic rings. The molecule has 0 saturated carbocycles. The van der Waals surface area contributed by atoms with E-state index in [2.05, 4.69) is 59.7 Å². The first-order chi connectivity index (χ1) is 9.64. The van der Waals surface area contributed by atoms with Gasteiger partial charge in [0.25, 0.3) is 0 Å². The van der Waals surface area contributed by atoms with Crippen molar-refractivity contribution < 1.29 is 4.74 Å². The van der Waals surface area contributed by atoms with E-state index in [1.807, 2.05) is 0 Å². The van der Waals surface area contributed by atoms with Crippen molar-refractivity contribution in [2.45, 2.75) is 65.2 Å². The molecule has 2 N–H and O–H groups in total. The summed E-state index contributed by atoms with van der Waals surface area (Å²) >= 11 is 4.92. The van der Waals surface area contributed by atoms with Crippen LogP contribution in [0.4, 0.5) is 0 Å². The van der Waals surface area contributed by atoms with E-state index in [9.17, 15) is 0 Å². The number of rotatable bonds is 7. The molecule has 0 aliphatic carbocycles. The fourth-order valence-electron chi connectivity index (χ4n) is 2.15. The lowest BCUT2D eigenvalue weighted by atomic mass is 9.76. The van der Waals surface area contributed by atoms with Crippen molar-refractivity contribution in [3.05, 3.63) is 29.3 Å². The maximum atomic E-state index is 5.82. The maximum Gasteiger partial charge on any atom is 0.138 e. The Hall–Kier alpha value is -1.09. The molecule has 1 rings (SSSR count). The molecule has 0 aliphatic heterocycles. The fourth-order valence-corrected chi connectivity index (χ4v) is 2.21. The highest BCUT2D eigenvalue weighted by atomic mass is 32.1. The molecule has 0 spiro atoms. The largest absolute Gasteiger partial charge is 0.486 e. The Morgan fingerprint density at radius 3 is 2.14 bits per heavy atom. The summed E-state index contributed by atoms with van der Waals surface area (Å²) in [5, 5.41) is 0. The van der Waals surface area contributed by atoms with Gasteiger partial charge in [-0.15, -0.1) is 0 Å². The third-order valence-electron chi connectivity index (χ3n) is 4.63. The Balaban J connectivity index is 3.30. The number of nitrogens with two attached hydrogens (primary N) is 1. The molecule has 0 radical (unpaired) electrons. The molecule has 0 unspecified atom stereocenters. The summed E-state index contributed by atoms with van der Waals surface area (Å²) in [5.74, 6) is 0.894. The van der Waals surface area contributed by atoms with E-state index in [1.165, 1.54) is 11.1 Å². The van der Waals surface area contributed by atoms with E-state index in [4.69, 9.17) is 22.7 Å². The lowest BCUT2D eigenvalue weighted by Gasteiger charge is -2.30. The molecule has 0 heterocycles. The number of thiocarbonyl (C=S) groups is 1. The van der Waals surface area contributed by atoms with E-state index in [1.54, 1.807) is 0 Å². The third kappa shape index (κ3) is 4.44. The SMILES string of the molecule is CCC(C)(C)c1ccc(OCC(N)=S)c(C(C)(C)CC)c1. The second-order valence-corrected chi connectivity index (χ2v) is 7.47. The van der Waals surface area contributed by atoms with Crippen LogP contribution in [0.2, 0.25) is 0 Å². The van der Waals surface area contributed by atoms with Crippen LogP contribution in [0.25, 0.3) is 0 Å². The molecule has 0 atom stereocenters. The first-order valence-corrected chi connectivity index (χ1v) is 8.11. The predicted octanol–water partition coefficient (Wildman–Crippen LogP) is 4.73. The highest BCUT2D eigenvalue weighted by Crippen LogP contribution is 2.38. The lowest BCUT2D eigenvalue weighted by molar-refractivity contribution is 0.358. The van der Waals surface area contributed by atoms with Crippen molar-refractivity contribution in [1.29, 1.82) is 0 Å². The number of hydrogen-bond acceptors (Lipinski definition) is 2. The minimum Gasteiger partial charge on any atom is -0.486 e. The Labute approximate surface area is 135 Å². The molecule has 118 valence electrons. The summed E-state index contributed by atoms with van der Waals surface area (Å²) in [6, 6.07) is 6.52. The number of ether oxygens (including phenoxy) is 1. The first kappa shape index (κ1) is 18.0. The summed E-state index contributed by atoms with van der Waals surface area (Å²) in [7, 11) is 0. The van der Waals surface area contributed by atoms with Crippen LogP contribution in [-0.2, 0) is 10.8 Å². The number of benzene rings is 1. The van der Waals surface area contributed by atoms with Crippen LogP contribution in [-0.4, -0.2) is 11.6 Å². The van der Waals surface area contributed by atoms with E-state index in [0.717, 1.165) is 18.6 Å². The molecule has 0 amide bonds. The zero-order chi connectivity index (χ0) is 16.3. The van der Waals surface area contributed by atoms with Crippen LogP contribution in [0.1, 0.15) is 65.5 Å². The zero-order valence-electron chi connectivity index (χ0n) is 14.2. The van der Waals surface area contributed by atoms with Crippen LogP contribution >= 0.6 is 12.2 Å². The molecule has 2 nitrogen and oxygen atoms in total. The quantitative estimate of drug-likeness (QED) is 0.740. The fraction of sp³-hybridized carbons (Fsp3) is 0.611. The van der Waals surface area contributed by atoms with Crippen molar-refractivity contribution in [3.63, 3.8) is 0 Å². The van der Waals surface area contributed by atoms with Gasteiger partial charge in [-0.05, 0) is 35.3 Å². The molecule has 0 aliphatic rings. The standard InChI is InChI=1S/C18H29NOS/c1-7-17(3,4)13-9-10-15(20-12-16(19)21)14(11-13)18(5,6)8-2/h9-11H,7-8,12H2,1-6H3,(H2,19,21). The second-order valence-electron chi connectivity index (χ2n) is 6.94. The van der Waals surface area contributed by atoms with Gasteiger partial charge < -0.3 is 10.5 Å². The van der Waals surface area contributed by atoms with Crippen LogP contribution in [0.5, 0.6) is 5.75 Å². The highest BCUT2D eigenvalue weighted by Gasteiger charge is 2.26. The third-order valence-corrected chi connectivity index (χ3v) is 4.75. The molecule has 3 heteroatoms. The van der Waals surface area contributed by atoms with Gasteiger partial charge >= 0.3 is 0 Å². The first-order valence-electron chi connectivity index (χ1n) is 7.70. The average molecular weight is 308 g/mol. The van der Waals surface area contributed by atoms with E-state index in [0.29, 0.717) is 11.6 Å². The van der Waals surface area contributed by atoms with Gasteiger partial charge in [-0.3, -0.25) is 0 Å². The molecular weight excluding hydrogens is 278 g/mol. The van der Waals surface area contributed by atoms with Crippen LogP contribution in [0.15, 0.2) is 18.2 Å². The van der Waals surface area contributed by atoms with Crippen LogP contribution in [0.3, 0.4) is 0 Å². The monoisotopic (exact) mass is 307 g/mol. The molecular formula is C18H29NOS. The van der Waals surface area contributed by atoms with Crippen molar-refractivity contribution in [3.8, 4) is 5.75 Å². The average Bonchev–Trinajstić information content (AvgIpc) is 2.44. The lowest BCUT2D eigenvalue weighted by Crippen LogP contribution is -2.23. The molecule has 21 heavy (non-hydrogen) atoms. The minimum absolute atomic E-state index is 0.0609. The Morgan fingerprint density at radius 1 is 1.10 bits per heavy atom. The Kier molecular flexibility index (Phi) is 5.80. The molecule has 0 bridgehead atoms. The van der Waals surface area contributed by atoms with E-state index >= 15 is 0 Å². The van der Waals surface area contributed by atoms with Crippen molar-refractivity contribution in [2.75, 3.05) is 6.61 Å².